The Morgan fingerprint density at radius 2 is 2.04 bits per heavy atom. The maximum atomic E-state index is 12.5. The van der Waals surface area contributed by atoms with E-state index in [4.69, 9.17) is 4.52 Å². The molecule has 1 aromatic carbocycles. The lowest BCUT2D eigenvalue weighted by atomic mass is 10.1. The minimum Gasteiger partial charge on any atom is -0.370 e. The number of carbonyl (C=O) groups excluding carboxylic acids is 1. The molecule has 2 amide bonds. The fraction of sp³-hybridized carbons (Fsp3) is 0.444. The van der Waals surface area contributed by atoms with Crippen LogP contribution in [0.3, 0.4) is 0 Å². The normalized spacial score (nSPS) is 14.5. The number of rotatable bonds is 4. The second-order valence-electron chi connectivity index (χ2n) is 6.28. The van der Waals surface area contributed by atoms with Gasteiger partial charge in [-0.2, -0.15) is 0 Å². The number of anilines is 2. The third-order valence-corrected chi connectivity index (χ3v) is 4.27. The Morgan fingerprint density at radius 3 is 2.75 bits per heavy atom. The van der Waals surface area contributed by atoms with Crippen molar-refractivity contribution in [3.05, 3.63) is 41.8 Å². The maximum absolute atomic E-state index is 12.5. The zero-order valence-corrected chi connectivity index (χ0v) is 14.3. The summed E-state index contributed by atoms with van der Waals surface area (Å²) in [4.78, 5) is 16.4. The summed E-state index contributed by atoms with van der Waals surface area (Å²) in [5.74, 6) is 0.745. The van der Waals surface area contributed by atoms with Crippen LogP contribution in [-0.4, -0.2) is 36.2 Å². The highest BCUT2D eigenvalue weighted by atomic mass is 16.5. The van der Waals surface area contributed by atoms with E-state index in [2.05, 4.69) is 21.4 Å². The topological polar surface area (TPSA) is 61.6 Å². The standard InChI is InChI=1S/C18H24N4O2/c1-14-12-15(20-24-14)13-21(2)18(23)19-16-8-4-5-9-17(16)22-10-6-3-7-11-22/h4-5,8-9,12H,3,6-7,10-11,13H2,1-2H3,(H,19,23). The molecule has 0 bridgehead atoms. The lowest BCUT2D eigenvalue weighted by molar-refractivity contribution is 0.219. The first-order valence-electron chi connectivity index (χ1n) is 8.42. The van der Waals surface area contributed by atoms with Crippen molar-refractivity contribution in [1.82, 2.24) is 10.1 Å². The third kappa shape index (κ3) is 3.88. The van der Waals surface area contributed by atoms with Crippen LogP contribution in [0.4, 0.5) is 16.2 Å². The van der Waals surface area contributed by atoms with E-state index in [1.807, 2.05) is 31.2 Å². The molecule has 0 spiro atoms. The fourth-order valence-electron chi connectivity index (χ4n) is 3.01. The van der Waals surface area contributed by atoms with Gasteiger partial charge in [0.2, 0.25) is 0 Å². The molecule has 2 aromatic rings. The van der Waals surface area contributed by atoms with Gasteiger partial charge in [-0.05, 0) is 38.3 Å². The average Bonchev–Trinajstić information content (AvgIpc) is 3.01. The van der Waals surface area contributed by atoms with Gasteiger partial charge >= 0.3 is 6.03 Å². The molecule has 1 aliphatic heterocycles. The number of nitrogens with one attached hydrogen (secondary N) is 1. The van der Waals surface area contributed by atoms with Crippen molar-refractivity contribution in [2.75, 3.05) is 30.4 Å². The smallest absolute Gasteiger partial charge is 0.322 e. The number of piperidine rings is 1. The molecule has 6 heteroatoms. The van der Waals surface area contributed by atoms with E-state index in [1.54, 1.807) is 11.9 Å². The molecule has 0 radical (unpaired) electrons. The molecule has 1 saturated heterocycles. The minimum atomic E-state index is -0.153. The van der Waals surface area contributed by atoms with Crippen molar-refractivity contribution in [3.63, 3.8) is 0 Å². The molecule has 0 unspecified atom stereocenters. The zero-order chi connectivity index (χ0) is 16.9. The highest BCUT2D eigenvalue weighted by Gasteiger charge is 2.17. The quantitative estimate of drug-likeness (QED) is 0.931. The first-order chi connectivity index (χ1) is 11.6. The first-order valence-corrected chi connectivity index (χ1v) is 8.42. The zero-order valence-electron chi connectivity index (χ0n) is 14.3. The van der Waals surface area contributed by atoms with E-state index >= 15 is 0 Å². The second kappa shape index (κ2) is 7.38. The Morgan fingerprint density at radius 1 is 1.29 bits per heavy atom. The van der Waals surface area contributed by atoms with Gasteiger partial charge in [0.15, 0.2) is 0 Å². The van der Waals surface area contributed by atoms with Crippen molar-refractivity contribution in [2.45, 2.75) is 32.7 Å². The molecule has 1 fully saturated rings. The Labute approximate surface area is 142 Å². The summed E-state index contributed by atoms with van der Waals surface area (Å²) in [5.41, 5.74) is 2.69. The van der Waals surface area contributed by atoms with Crippen LogP contribution in [-0.2, 0) is 6.54 Å². The fourth-order valence-corrected chi connectivity index (χ4v) is 3.01. The van der Waals surface area contributed by atoms with E-state index in [0.29, 0.717) is 6.54 Å². The van der Waals surface area contributed by atoms with Gasteiger partial charge in [-0.25, -0.2) is 4.79 Å². The number of urea groups is 1. The summed E-state index contributed by atoms with van der Waals surface area (Å²) in [5, 5.41) is 6.95. The van der Waals surface area contributed by atoms with Crippen LogP contribution in [0.5, 0.6) is 0 Å². The molecule has 1 aromatic heterocycles. The van der Waals surface area contributed by atoms with Crippen molar-refractivity contribution >= 4 is 17.4 Å². The van der Waals surface area contributed by atoms with E-state index in [-0.39, 0.29) is 6.03 Å². The van der Waals surface area contributed by atoms with Crippen LogP contribution >= 0.6 is 0 Å². The molecular weight excluding hydrogens is 304 g/mol. The summed E-state index contributed by atoms with van der Waals surface area (Å²) < 4.78 is 5.05. The number of carbonyl (C=O) groups is 1. The van der Waals surface area contributed by atoms with Gasteiger partial charge in [-0.1, -0.05) is 17.3 Å². The summed E-state index contributed by atoms with van der Waals surface area (Å²) >= 11 is 0. The number of benzene rings is 1. The number of aryl methyl sites for hydroxylation is 1. The molecule has 6 nitrogen and oxygen atoms in total. The van der Waals surface area contributed by atoms with E-state index in [9.17, 15) is 4.79 Å². The van der Waals surface area contributed by atoms with Crippen LogP contribution in [0.25, 0.3) is 0 Å². The minimum absolute atomic E-state index is 0.153. The van der Waals surface area contributed by atoms with Gasteiger partial charge in [0.1, 0.15) is 11.5 Å². The summed E-state index contributed by atoms with van der Waals surface area (Å²) in [7, 11) is 1.75. The van der Waals surface area contributed by atoms with E-state index in [1.165, 1.54) is 19.3 Å². The second-order valence-corrected chi connectivity index (χ2v) is 6.28. The van der Waals surface area contributed by atoms with Gasteiger partial charge < -0.3 is 19.6 Å². The Kier molecular flexibility index (Phi) is 5.03. The highest BCUT2D eigenvalue weighted by Crippen LogP contribution is 2.28. The molecule has 0 saturated carbocycles. The summed E-state index contributed by atoms with van der Waals surface area (Å²) in [6, 6.07) is 9.68. The summed E-state index contributed by atoms with van der Waals surface area (Å²) in [6.07, 6.45) is 3.69. The van der Waals surface area contributed by atoms with E-state index in [0.717, 1.165) is 35.9 Å². The predicted octanol–water partition coefficient (Wildman–Crippen LogP) is 3.64. The number of amides is 2. The van der Waals surface area contributed by atoms with Gasteiger partial charge in [-0.15, -0.1) is 0 Å². The van der Waals surface area contributed by atoms with Crippen LogP contribution < -0.4 is 10.2 Å². The molecule has 1 N–H and O–H groups in total. The van der Waals surface area contributed by atoms with Gasteiger partial charge in [0.25, 0.3) is 0 Å². The first kappa shape index (κ1) is 16.4. The Balaban J connectivity index is 1.67. The van der Waals surface area contributed by atoms with Crippen LogP contribution in [0, 0.1) is 6.92 Å². The SMILES string of the molecule is Cc1cc(CN(C)C(=O)Nc2ccccc2N2CCCCC2)no1. The molecule has 0 aliphatic carbocycles. The Hall–Kier alpha value is -2.50. The lowest BCUT2D eigenvalue weighted by Gasteiger charge is -2.31. The number of hydrogen-bond acceptors (Lipinski definition) is 4. The molecule has 1 aliphatic rings. The summed E-state index contributed by atoms with van der Waals surface area (Å²) in [6.45, 7) is 4.34. The average molecular weight is 328 g/mol. The maximum Gasteiger partial charge on any atom is 0.322 e. The Bertz CT molecular complexity index is 692. The van der Waals surface area contributed by atoms with Gasteiger partial charge in [0, 0.05) is 26.2 Å². The van der Waals surface area contributed by atoms with Crippen molar-refractivity contribution in [2.24, 2.45) is 0 Å². The molecule has 24 heavy (non-hydrogen) atoms. The number of hydrogen-bond donors (Lipinski definition) is 1. The van der Waals surface area contributed by atoms with Gasteiger partial charge in [-0.3, -0.25) is 0 Å². The predicted molar refractivity (Wildman–Crippen MR) is 94.2 cm³/mol. The van der Waals surface area contributed by atoms with E-state index < -0.39 is 0 Å². The molecule has 2 heterocycles. The molecule has 0 atom stereocenters. The van der Waals surface area contributed by atoms with Crippen molar-refractivity contribution in [3.8, 4) is 0 Å². The lowest BCUT2D eigenvalue weighted by Crippen LogP contribution is -2.33. The van der Waals surface area contributed by atoms with Crippen LogP contribution in [0.1, 0.15) is 30.7 Å². The molecular formula is C18H24N4O2. The van der Waals surface area contributed by atoms with Crippen LogP contribution in [0.2, 0.25) is 0 Å². The number of aromatic nitrogens is 1. The third-order valence-electron chi connectivity index (χ3n) is 4.27. The number of para-hydroxylation sites is 2. The number of nitrogens with zero attached hydrogens (tertiary/aromatic N) is 3. The molecule has 3 rings (SSSR count). The van der Waals surface area contributed by atoms with Crippen molar-refractivity contribution in [1.29, 1.82) is 0 Å². The van der Waals surface area contributed by atoms with Crippen LogP contribution in [0.15, 0.2) is 34.9 Å². The largest absolute Gasteiger partial charge is 0.370 e. The monoisotopic (exact) mass is 328 g/mol. The molecule has 128 valence electrons. The van der Waals surface area contributed by atoms with Gasteiger partial charge in [0.05, 0.1) is 17.9 Å². The van der Waals surface area contributed by atoms with Crippen molar-refractivity contribution < 1.29 is 9.32 Å². The highest BCUT2D eigenvalue weighted by molar-refractivity contribution is 5.93.